The SMILES string of the molecule is CCCN=C(N)N.C[C@@H](c1ccccc1)[C@H](N)C(=O)NCC(=O)Nc1ccc2ccccc2c1. The van der Waals surface area contributed by atoms with Crippen molar-refractivity contribution in [1.82, 2.24) is 5.32 Å². The van der Waals surface area contributed by atoms with Crippen LogP contribution in [-0.4, -0.2) is 36.9 Å². The molecule has 8 nitrogen and oxygen atoms in total. The van der Waals surface area contributed by atoms with Gasteiger partial charge in [0.1, 0.15) is 0 Å². The fourth-order valence-corrected chi connectivity index (χ4v) is 3.19. The van der Waals surface area contributed by atoms with Gasteiger partial charge in [-0.1, -0.05) is 74.5 Å². The molecule has 180 valence electrons. The summed E-state index contributed by atoms with van der Waals surface area (Å²) in [6.45, 7) is 4.53. The van der Waals surface area contributed by atoms with Crippen molar-refractivity contribution in [3.05, 3.63) is 78.4 Å². The summed E-state index contributed by atoms with van der Waals surface area (Å²) in [5.74, 6) is -0.602. The van der Waals surface area contributed by atoms with E-state index in [2.05, 4.69) is 15.6 Å². The average molecular weight is 463 g/mol. The molecule has 34 heavy (non-hydrogen) atoms. The first kappa shape index (κ1) is 26.3. The van der Waals surface area contributed by atoms with Crippen molar-refractivity contribution >= 4 is 34.2 Å². The van der Waals surface area contributed by atoms with Gasteiger partial charge in [-0.3, -0.25) is 14.6 Å². The van der Waals surface area contributed by atoms with Gasteiger partial charge in [-0.15, -0.1) is 0 Å². The Morgan fingerprint density at radius 2 is 1.59 bits per heavy atom. The molecule has 2 amide bonds. The summed E-state index contributed by atoms with van der Waals surface area (Å²) in [6.07, 6.45) is 0.998. The second kappa shape index (κ2) is 13.6. The molecule has 0 heterocycles. The van der Waals surface area contributed by atoms with Crippen molar-refractivity contribution in [2.45, 2.75) is 32.2 Å². The Morgan fingerprint density at radius 3 is 2.21 bits per heavy atom. The Kier molecular flexibility index (Phi) is 10.5. The van der Waals surface area contributed by atoms with Crippen LogP contribution in [0.2, 0.25) is 0 Å². The lowest BCUT2D eigenvalue weighted by Crippen LogP contribution is -2.46. The number of amides is 2. The maximum atomic E-state index is 12.3. The van der Waals surface area contributed by atoms with E-state index in [1.54, 1.807) is 0 Å². The van der Waals surface area contributed by atoms with Crippen LogP contribution in [-0.2, 0) is 9.59 Å². The van der Waals surface area contributed by atoms with E-state index in [1.165, 1.54) is 0 Å². The number of aliphatic imine (C=N–C) groups is 1. The first-order valence-electron chi connectivity index (χ1n) is 11.2. The van der Waals surface area contributed by atoms with Gasteiger partial charge in [-0.2, -0.15) is 0 Å². The van der Waals surface area contributed by atoms with Crippen LogP contribution in [0.4, 0.5) is 5.69 Å². The van der Waals surface area contributed by atoms with Crippen LogP contribution in [0.3, 0.4) is 0 Å². The van der Waals surface area contributed by atoms with Crippen LogP contribution in [0.1, 0.15) is 31.7 Å². The summed E-state index contributed by atoms with van der Waals surface area (Å²) in [5.41, 5.74) is 17.7. The minimum absolute atomic E-state index is 0.124. The molecular weight excluding hydrogens is 428 g/mol. The molecule has 0 aliphatic heterocycles. The van der Waals surface area contributed by atoms with E-state index in [0.29, 0.717) is 5.69 Å². The molecule has 0 aromatic heterocycles. The van der Waals surface area contributed by atoms with Gasteiger partial charge in [0, 0.05) is 18.2 Å². The quantitative estimate of drug-likeness (QED) is 0.258. The average Bonchev–Trinajstić information content (AvgIpc) is 2.86. The molecule has 0 fully saturated rings. The lowest BCUT2D eigenvalue weighted by Gasteiger charge is -2.19. The largest absolute Gasteiger partial charge is 0.370 e. The highest BCUT2D eigenvalue weighted by molar-refractivity contribution is 5.97. The van der Waals surface area contributed by atoms with Crippen molar-refractivity contribution in [2.24, 2.45) is 22.2 Å². The summed E-state index contributed by atoms with van der Waals surface area (Å²) in [5, 5.41) is 7.55. The highest BCUT2D eigenvalue weighted by Crippen LogP contribution is 2.19. The zero-order valence-electron chi connectivity index (χ0n) is 19.7. The molecule has 3 aromatic rings. The number of nitrogens with one attached hydrogen (secondary N) is 2. The van der Waals surface area contributed by atoms with Crippen LogP contribution >= 0.6 is 0 Å². The van der Waals surface area contributed by atoms with Crippen molar-refractivity contribution in [1.29, 1.82) is 0 Å². The molecule has 0 saturated heterocycles. The van der Waals surface area contributed by atoms with Gasteiger partial charge in [0.2, 0.25) is 11.8 Å². The highest BCUT2D eigenvalue weighted by Gasteiger charge is 2.22. The maximum Gasteiger partial charge on any atom is 0.243 e. The minimum Gasteiger partial charge on any atom is -0.370 e. The fraction of sp³-hybridized carbons (Fsp3) is 0.269. The van der Waals surface area contributed by atoms with E-state index in [1.807, 2.05) is 86.6 Å². The molecule has 0 aliphatic rings. The molecule has 0 bridgehead atoms. The van der Waals surface area contributed by atoms with Gasteiger partial charge in [0.15, 0.2) is 5.96 Å². The monoisotopic (exact) mass is 462 g/mol. The first-order valence-corrected chi connectivity index (χ1v) is 11.2. The lowest BCUT2D eigenvalue weighted by atomic mass is 9.93. The van der Waals surface area contributed by atoms with E-state index in [9.17, 15) is 9.59 Å². The fourth-order valence-electron chi connectivity index (χ4n) is 3.19. The van der Waals surface area contributed by atoms with Crippen molar-refractivity contribution < 1.29 is 9.59 Å². The third-order valence-electron chi connectivity index (χ3n) is 5.14. The normalized spacial score (nSPS) is 12.0. The number of rotatable bonds is 8. The Morgan fingerprint density at radius 1 is 0.941 bits per heavy atom. The molecule has 3 aromatic carbocycles. The van der Waals surface area contributed by atoms with Crippen LogP contribution in [0.25, 0.3) is 10.8 Å². The van der Waals surface area contributed by atoms with E-state index < -0.39 is 6.04 Å². The third-order valence-corrected chi connectivity index (χ3v) is 5.14. The predicted octanol–water partition coefficient (Wildman–Crippen LogP) is 2.70. The Labute approximate surface area is 200 Å². The number of nitrogens with zero attached hydrogens (tertiary/aromatic N) is 1. The number of nitrogens with two attached hydrogens (primary N) is 3. The van der Waals surface area contributed by atoms with E-state index in [0.717, 1.165) is 29.3 Å². The summed E-state index contributed by atoms with van der Waals surface area (Å²) >= 11 is 0. The van der Waals surface area contributed by atoms with Crippen LogP contribution in [0.15, 0.2) is 77.8 Å². The summed E-state index contributed by atoms with van der Waals surface area (Å²) in [7, 11) is 0. The zero-order chi connectivity index (χ0) is 24.9. The minimum atomic E-state index is -0.721. The van der Waals surface area contributed by atoms with Gasteiger partial charge in [0.25, 0.3) is 0 Å². The number of carbonyl (C=O) groups excluding carboxylic acids is 2. The topological polar surface area (TPSA) is 149 Å². The molecule has 8 N–H and O–H groups in total. The van der Waals surface area contributed by atoms with Crippen LogP contribution < -0.4 is 27.8 Å². The first-order chi connectivity index (χ1) is 16.3. The van der Waals surface area contributed by atoms with Gasteiger partial charge in [-0.05, 0) is 34.9 Å². The molecular formula is C26H34N6O2. The highest BCUT2D eigenvalue weighted by atomic mass is 16.2. The van der Waals surface area contributed by atoms with E-state index >= 15 is 0 Å². The molecule has 2 atom stereocenters. The van der Waals surface area contributed by atoms with Gasteiger partial charge < -0.3 is 27.8 Å². The number of hydrogen-bond acceptors (Lipinski definition) is 4. The Balaban J connectivity index is 0.000000509. The predicted molar refractivity (Wildman–Crippen MR) is 139 cm³/mol. The smallest absolute Gasteiger partial charge is 0.243 e. The molecule has 0 unspecified atom stereocenters. The number of fused-ring (bicyclic) bond motifs is 1. The number of carbonyl (C=O) groups is 2. The van der Waals surface area contributed by atoms with Gasteiger partial charge in [0.05, 0.1) is 12.6 Å². The molecule has 0 radical (unpaired) electrons. The number of anilines is 1. The van der Waals surface area contributed by atoms with Gasteiger partial charge >= 0.3 is 0 Å². The lowest BCUT2D eigenvalue weighted by molar-refractivity contribution is -0.125. The molecule has 3 rings (SSSR count). The standard InChI is InChI=1S/C22H23N3O2.C4H11N3/c1-15(16-7-3-2-4-8-16)21(23)22(27)24-14-20(26)25-19-12-11-17-9-5-6-10-18(17)13-19;1-2-3-7-4(5)6/h2-13,15,21H,14,23H2,1H3,(H,24,27)(H,25,26);2-3H2,1H3,(H4,5,6,7)/t15-,21-;/m0./s1. The second-order valence-electron chi connectivity index (χ2n) is 7.86. The van der Waals surface area contributed by atoms with Crippen molar-refractivity contribution in [3.63, 3.8) is 0 Å². The Hall–Kier alpha value is -3.91. The third kappa shape index (κ3) is 8.55. The number of guanidine groups is 1. The molecule has 0 spiro atoms. The van der Waals surface area contributed by atoms with Crippen LogP contribution in [0, 0.1) is 0 Å². The molecule has 0 aliphatic carbocycles. The molecule has 8 heteroatoms. The van der Waals surface area contributed by atoms with E-state index in [-0.39, 0.29) is 30.2 Å². The summed E-state index contributed by atoms with van der Waals surface area (Å²) in [4.78, 5) is 28.1. The molecule has 0 saturated carbocycles. The van der Waals surface area contributed by atoms with Crippen molar-refractivity contribution in [3.8, 4) is 0 Å². The number of hydrogen-bond donors (Lipinski definition) is 5. The zero-order valence-corrected chi connectivity index (χ0v) is 19.7. The maximum absolute atomic E-state index is 12.3. The summed E-state index contributed by atoms with van der Waals surface area (Å²) < 4.78 is 0. The van der Waals surface area contributed by atoms with Crippen LogP contribution in [0.5, 0.6) is 0 Å². The Bertz CT molecular complexity index is 1100. The van der Waals surface area contributed by atoms with Crippen molar-refractivity contribution in [2.75, 3.05) is 18.4 Å². The number of benzene rings is 3. The second-order valence-corrected chi connectivity index (χ2v) is 7.86. The van der Waals surface area contributed by atoms with E-state index in [4.69, 9.17) is 17.2 Å². The summed E-state index contributed by atoms with van der Waals surface area (Å²) in [6, 6.07) is 22.5. The van der Waals surface area contributed by atoms with Gasteiger partial charge in [-0.25, -0.2) is 0 Å².